The molecule has 0 aliphatic heterocycles. The molecule has 1 N–H and O–H groups in total. The normalized spacial score (nSPS) is 10.8. The van der Waals surface area contributed by atoms with Crippen molar-refractivity contribution in [3.8, 4) is 17.2 Å². The molecule has 0 heterocycles. The highest BCUT2D eigenvalue weighted by Crippen LogP contribution is 2.26. The van der Waals surface area contributed by atoms with Gasteiger partial charge in [-0.2, -0.15) is 5.10 Å². The summed E-state index contributed by atoms with van der Waals surface area (Å²) in [7, 11) is 0. The Balaban J connectivity index is 1.27. The third-order valence-electron chi connectivity index (χ3n) is 6.57. The zero-order chi connectivity index (χ0) is 32.5. The number of halogens is 2. The van der Waals surface area contributed by atoms with Crippen molar-refractivity contribution in [3.05, 3.63) is 159 Å². The Morgan fingerprint density at radius 3 is 1.83 bits per heavy atom. The van der Waals surface area contributed by atoms with Crippen LogP contribution in [0.5, 0.6) is 17.2 Å². The van der Waals surface area contributed by atoms with Crippen LogP contribution in [0.15, 0.2) is 120 Å². The Kier molecular flexibility index (Phi) is 10.4. The Hall–Kier alpha value is -5.44. The quantitative estimate of drug-likeness (QED) is 0.0708. The molecule has 0 saturated heterocycles. The van der Waals surface area contributed by atoms with Crippen molar-refractivity contribution < 1.29 is 28.6 Å². The first kappa shape index (κ1) is 32.0. The van der Waals surface area contributed by atoms with E-state index in [1.165, 1.54) is 54.2 Å². The average molecular weight is 654 g/mol. The Bertz CT molecular complexity index is 1870. The minimum absolute atomic E-state index is 0.0365. The summed E-state index contributed by atoms with van der Waals surface area (Å²) >= 11 is 11.8. The summed E-state index contributed by atoms with van der Waals surface area (Å²) in [6, 6.07) is 31.4. The number of amides is 1. The van der Waals surface area contributed by atoms with Gasteiger partial charge >= 0.3 is 11.9 Å². The van der Waals surface area contributed by atoms with Crippen LogP contribution in [0.4, 0.5) is 0 Å². The SMILES string of the molecule is Cc1ccc(COc2ccc(C(=O)NN=Cc3ccc(OC(=O)c4ccc(Cl)cc4)cc3OC(=O)c3ccc(Cl)cc3)cc2)cc1. The number of rotatable bonds is 10. The molecule has 10 heteroatoms. The van der Waals surface area contributed by atoms with E-state index in [1.807, 2.05) is 31.2 Å². The summed E-state index contributed by atoms with van der Waals surface area (Å²) in [5.41, 5.74) is 5.88. The van der Waals surface area contributed by atoms with Crippen molar-refractivity contribution in [2.75, 3.05) is 0 Å². The minimum Gasteiger partial charge on any atom is -0.489 e. The third-order valence-corrected chi connectivity index (χ3v) is 7.07. The van der Waals surface area contributed by atoms with Gasteiger partial charge in [-0.3, -0.25) is 4.79 Å². The van der Waals surface area contributed by atoms with E-state index in [0.717, 1.165) is 5.56 Å². The molecule has 0 unspecified atom stereocenters. The third kappa shape index (κ3) is 8.81. The zero-order valence-corrected chi connectivity index (χ0v) is 25.9. The Labute approximate surface area is 275 Å². The standard InChI is InChI=1S/C36H26Cl2N2O6/c1-23-2-4-24(5-3-23)22-44-31-17-10-25(11-18-31)34(41)40-39-21-28-12-19-32(45-35(42)26-6-13-29(37)14-7-26)20-33(28)46-36(43)27-8-15-30(38)16-9-27/h2-21H,22H2,1H3,(H,40,41). The molecule has 5 aromatic rings. The number of ether oxygens (including phenoxy) is 3. The van der Waals surface area contributed by atoms with Crippen molar-refractivity contribution >= 4 is 47.3 Å². The van der Waals surface area contributed by atoms with Crippen molar-refractivity contribution in [1.29, 1.82) is 0 Å². The molecule has 0 aromatic heterocycles. The van der Waals surface area contributed by atoms with Gasteiger partial charge in [-0.15, -0.1) is 0 Å². The van der Waals surface area contributed by atoms with Gasteiger partial charge in [0.1, 0.15) is 23.9 Å². The van der Waals surface area contributed by atoms with Crippen LogP contribution in [-0.2, 0) is 6.61 Å². The second-order valence-electron chi connectivity index (χ2n) is 9.99. The zero-order valence-electron chi connectivity index (χ0n) is 24.4. The fourth-order valence-electron chi connectivity index (χ4n) is 4.05. The van der Waals surface area contributed by atoms with E-state index < -0.39 is 17.8 Å². The fraction of sp³-hybridized carbons (Fsp3) is 0.0556. The molecule has 0 bridgehead atoms. The van der Waals surface area contributed by atoms with E-state index in [1.54, 1.807) is 48.5 Å². The van der Waals surface area contributed by atoms with Crippen LogP contribution < -0.4 is 19.6 Å². The Morgan fingerprint density at radius 1 is 0.674 bits per heavy atom. The fourth-order valence-corrected chi connectivity index (χ4v) is 4.30. The molecule has 0 saturated carbocycles. The first-order valence-electron chi connectivity index (χ1n) is 13.9. The van der Waals surface area contributed by atoms with Crippen molar-refractivity contribution in [2.24, 2.45) is 5.10 Å². The first-order valence-corrected chi connectivity index (χ1v) is 14.7. The van der Waals surface area contributed by atoms with Crippen LogP contribution in [0.2, 0.25) is 10.0 Å². The van der Waals surface area contributed by atoms with E-state index in [0.29, 0.717) is 33.5 Å². The minimum atomic E-state index is -0.679. The lowest BCUT2D eigenvalue weighted by Gasteiger charge is -2.11. The first-order chi connectivity index (χ1) is 22.2. The monoisotopic (exact) mass is 652 g/mol. The lowest BCUT2D eigenvalue weighted by molar-refractivity contribution is 0.0732. The van der Waals surface area contributed by atoms with Crippen molar-refractivity contribution in [3.63, 3.8) is 0 Å². The second-order valence-corrected chi connectivity index (χ2v) is 10.9. The summed E-state index contributed by atoms with van der Waals surface area (Å²) in [6.45, 7) is 2.43. The molecule has 0 atom stereocenters. The molecule has 5 rings (SSSR count). The molecule has 230 valence electrons. The molecule has 8 nitrogen and oxygen atoms in total. The van der Waals surface area contributed by atoms with Crippen molar-refractivity contribution in [1.82, 2.24) is 5.43 Å². The van der Waals surface area contributed by atoms with Crippen LogP contribution in [0.1, 0.15) is 47.8 Å². The smallest absolute Gasteiger partial charge is 0.343 e. The van der Waals surface area contributed by atoms with E-state index in [-0.39, 0.29) is 22.6 Å². The highest BCUT2D eigenvalue weighted by Gasteiger charge is 2.15. The van der Waals surface area contributed by atoms with Gasteiger partial charge in [0.15, 0.2) is 0 Å². The summed E-state index contributed by atoms with van der Waals surface area (Å²) in [6.07, 6.45) is 1.31. The predicted molar refractivity (Wildman–Crippen MR) is 176 cm³/mol. The molecular formula is C36H26Cl2N2O6. The van der Waals surface area contributed by atoms with Crippen LogP contribution in [0.25, 0.3) is 0 Å². The summed E-state index contributed by atoms with van der Waals surface area (Å²) in [5.74, 6) is -1.01. The number of benzene rings is 5. The van der Waals surface area contributed by atoms with Crippen LogP contribution in [-0.4, -0.2) is 24.1 Å². The van der Waals surface area contributed by atoms with Gasteiger partial charge in [0.2, 0.25) is 0 Å². The molecular weight excluding hydrogens is 627 g/mol. The van der Waals surface area contributed by atoms with E-state index in [2.05, 4.69) is 10.5 Å². The summed E-state index contributed by atoms with van der Waals surface area (Å²) in [4.78, 5) is 38.3. The predicted octanol–water partition coefficient (Wildman–Crippen LogP) is 8.08. The maximum atomic E-state index is 12.9. The molecule has 0 spiro atoms. The summed E-state index contributed by atoms with van der Waals surface area (Å²) in [5, 5.41) is 4.97. The number of nitrogens with zero attached hydrogens (tertiary/aromatic N) is 1. The molecule has 0 radical (unpaired) electrons. The van der Waals surface area contributed by atoms with E-state index >= 15 is 0 Å². The van der Waals surface area contributed by atoms with Gasteiger partial charge in [0.05, 0.1) is 17.3 Å². The van der Waals surface area contributed by atoms with Gasteiger partial charge in [-0.05, 0) is 97.4 Å². The van der Waals surface area contributed by atoms with Crippen LogP contribution in [0, 0.1) is 6.92 Å². The van der Waals surface area contributed by atoms with Crippen LogP contribution >= 0.6 is 23.2 Å². The number of carbonyl (C=O) groups excluding carboxylic acids is 3. The topological polar surface area (TPSA) is 103 Å². The number of hydrogen-bond acceptors (Lipinski definition) is 7. The summed E-state index contributed by atoms with van der Waals surface area (Å²) < 4.78 is 16.9. The van der Waals surface area contributed by atoms with E-state index in [4.69, 9.17) is 37.4 Å². The number of aryl methyl sites for hydroxylation is 1. The maximum Gasteiger partial charge on any atom is 0.343 e. The van der Waals surface area contributed by atoms with Crippen molar-refractivity contribution in [2.45, 2.75) is 13.5 Å². The molecule has 5 aromatic carbocycles. The highest BCUT2D eigenvalue weighted by atomic mass is 35.5. The van der Waals surface area contributed by atoms with Gasteiger partial charge in [-0.25, -0.2) is 15.0 Å². The van der Waals surface area contributed by atoms with Crippen LogP contribution in [0.3, 0.4) is 0 Å². The molecule has 0 aliphatic carbocycles. The molecule has 0 aliphatic rings. The highest BCUT2D eigenvalue weighted by molar-refractivity contribution is 6.31. The number of hydrogen-bond donors (Lipinski definition) is 1. The number of esters is 2. The molecule has 0 fully saturated rings. The van der Waals surface area contributed by atoms with Gasteiger partial charge in [-0.1, -0.05) is 53.0 Å². The largest absolute Gasteiger partial charge is 0.489 e. The van der Waals surface area contributed by atoms with Gasteiger partial charge < -0.3 is 14.2 Å². The molecule has 1 amide bonds. The lowest BCUT2D eigenvalue weighted by atomic mass is 10.2. The number of hydrazone groups is 1. The average Bonchev–Trinajstić information content (AvgIpc) is 3.06. The van der Waals surface area contributed by atoms with E-state index in [9.17, 15) is 14.4 Å². The van der Waals surface area contributed by atoms with Gasteiger partial charge in [0, 0.05) is 27.2 Å². The maximum absolute atomic E-state index is 12.9. The lowest BCUT2D eigenvalue weighted by Crippen LogP contribution is -2.17. The number of carbonyl (C=O) groups is 3. The molecule has 46 heavy (non-hydrogen) atoms. The number of nitrogens with one attached hydrogen (secondary N) is 1. The Morgan fingerprint density at radius 2 is 1.22 bits per heavy atom. The van der Waals surface area contributed by atoms with Gasteiger partial charge in [0.25, 0.3) is 5.91 Å². The second kappa shape index (κ2) is 15.0.